The molecule has 0 bridgehead atoms. The molecule has 72 valence electrons. The number of aromatic nitrogens is 4. The molecule has 0 aliphatic carbocycles. The maximum atomic E-state index is 5.58. The zero-order valence-electron chi connectivity index (χ0n) is 7.26. The molecule has 0 fully saturated rings. The third-order valence-corrected chi connectivity index (χ3v) is 2.29. The van der Waals surface area contributed by atoms with Crippen LogP contribution in [0.15, 0.2) is 29.3 Å². The van der Waals surface area contributed by atoms with E-state index in [4.69, 9.17) is 5.73 Å². The zero-order valence-corrected chi connectivity index (χ0v) is 8.85. The van der Waals surface area contributed by atoms with Crippen molar-refractivity contribution in [3.63, 3.8) is 0 Å². The Balaban J connectivity index is 2.19. The minimum Gasteiger partial charge on any atom is -0.381 e. The average molecular weight is 254 g/mol. The quantitative estimate of drug-likeness (QED) is 0.870. The van der Waals surface area contributed by atoms with E-state index in [0.717, 1.165) is 10.2 Å². The highest BCUT2D eigenvalue weighted by Crippen LogP contribution is 2.16. The lowest BCUT2D eigenvalue weighted by Crippen LogP contribution is -2.03. The first-order valence-electron chi connectivity index (χ1n) is 3.99. The van der Waals surface area contributed by atoms with E-state index >= 15 is 0 Å². The Bertz CT molecular complexity index is 405. The van der Waals surface area contributed by atoms with Crippen molar-refractivity contribution in [1.29, 1.82) is 0 Å². The van der Waals surface area contributed by atoms with Crippen LogP contribution >= 0.6 is 15.9 Å². The lowest BCUT2D eigenvalue weighted by atomic mass is 10.4. The molecule has 2 N–H and O–H groups in total. The minimum absolute atomic E-state index is 0.480. The normalized spacial score (nSPS) is 10.4. The lowest BCUT2D eigenvalue weighted by Gasteiger charge is -1.98. The second-order valence-electron chi connectivity index (χ2n) is 2.76. The molecular formula is C8H8BrN5. The van der Waals surface area contributed by atoms with Crippen LogP contribution in [0.1, 0.15) is 5.69 Å². The average Bonchev–Trinajstić information content (AvgIpc) is 2.47. The summed E-state index contributed by atoms with van der Waals surface area (Å²) in [5, 5.41) is 4.09. The third-order valence-electron chi connectivity index (χ3n) is 1.68. The van der Waals surface area contributed by atoms with Gasteiger partial charge < -0.3 is 5.73 Å². The van der Waals surface area contributed by atoms with Gasteiger partial charge in [0.15, 0.2) is 5.82 Å². The van der Waals surface area contributed by atoms with Crippen LogP contribution < -0.4 is 5.73 Å². The van der Waals surface area contributed by atoms with Crippen LogP contribution in [0, 0.1) is 0 Å². The van der Waals surface area contributed by atoms with Crippen LogP contribution in [0.25, 0.3) is 0 Å². The van der Waals surface area contributed by atoms with Crippen molar-refractivity contribution >= 4 is 21.7 Å². The van der Waals surface area contributed by atoms with Crippen LogP contribution in [0.3, 0.4) is 0 Å². The second kappa shape index (κ2) is 3.75. The van der Waals surface area contributed by atoms with E-state index in [-0.39, 0.29) is 0 Å². The number of rotatable bonds is 2. The number of hydrogen-bond donors (Lipinski definition) is 1. The fraction of sp³-hybridized carbons (Fsp3) is 0.125. The summed E-state index contributed by atoms with van der Waals surface area (Å²) in [6.07, 6.45) is 6.80. The van der Waals surface area contributed by atoms with Crippen LogP contribution in [0.5, 0.6) is 0 Å². The minimum atomic E-state index is 0.480. The molecule has 0 unspecified atom stereocenters. The molecule has 2 rings (SSSR count). The van der Waals surface area contributed by atoms with Gasteiger partial charge in [-0.3, -0.25) is 14.6 Å². The van der Waals surface area contributed by atoms with Gasteiger partial charge in [-0.1, -0.05) is 0 Å². The summed E-state index contributed by atoms with van der Waals surface area (Å²) < 4.78 is 2.50. The number of anilines is 1. The van der Waals surface area contributed by atoms with Gasteiger partial charge in [-0.2, -0.15) is 5.10 Å². The summed E-state index contributed by atoms with van der Waals surface area (Å²) >= 11 is 3.29. The van der Waals surface area contributed by atoms with E-state index in [9.17, 15) is 0 Å². The summed E-state index contributed by atoms with van der Waals surface area (Å²) in [6.45, 7) is 0.573. The standard InChI is InChI=1S/C8H8BrN5/c9-7-5-14(13-8(7)10)4-6-3-11-1-2-12-6/h1-3,5H,4H2,(H2,10,13). The van der Waals surface area contributed by atoms with Crippen LogP contribution in [-0.4, -0.2) is 19.7 Å². The summed E-state index contributed by atoms with van der Waals surface area (Å²) in [5.41, 5.74) is 6.43. The van der Waals surface area contributed by atoms with Gasteiger partial charge in [0.2, 0.25) is 0 Å². The van der Waals surface area contributed by atoms with Gasteiger partial charge in [0.25, 0.3) is 0 Å². The van der Waals surface area contributed by atoms with E-state index in [1.807, 2.05) is 6.20 Å². The van der Waals surface area contributed by atoms with E-state index in [1.165, 1.54) is 0 Å². The van der Waals surface area contributed by atoms with Crippen LogP contribution in [0.4, 0.5) is 5.82 Å². The molecule has 2 aromatic rings. The largest absolute Gasteiger partial charge is 0.381 e. The molecule has 2 aromatic heterocycles. The highest BCUT2D eigenvalue weighted by molar-refractivity contribution is 9.10. The van der Waals surface area contributed by atoms with E-state index < -0.39 is 0 Å². The molecule has 0 radical (unpaired) electrons. The third kappa shape index (κ3) is 1.90. The molecule has 0 saturated heterocycles. The number of nitrogens with zero attached hydrogens (tertiary/aromatic N) is 4. The maximum Gasteiger partial charge on any atom is 0.159 e. The predicted octanol–water partition coefficient (Wildman–Crippen LogP) is 1.07. The first kappa shape index (κ1) is 9.14. The fourth-order valence-electron chi connectivity index (χ4n) is 1.07. The molecule has 5 nitrogen and oxygen atoms in total. The maximum absolute atomic E-state index is 5.58. The first-order valence-corrected chi connectivity index (χ1v) is 4.78. The lowest BCUT2D eigenvalue weighted by molar-refractivity contribution is 0.672. The molecule has 6 heteroatoms. The Kier molecular flexibility index (Phi) is 2.45. The number of halogens is 1. The van der Waals surface area contributed by atoms with Gasteiger partial charge in [-0.05, 0) is 15.9 Å². The Morgan fingerprint density at radius 3 is 2.86 bits per heavy atom. The van der Waals surface area contributed by atoms with Crippen LogP contribution in [-0.2, 0) is 6.54 Å². The van der Waals surface area contributed by atoms with E-state index in [1.54, 1.807) is 23.3 Å². The summed E-state index contributed by atoms with van der Waals surface area (Å²) in [7, 11) is 0. The fourth-order valence-corrected chi connectivity index (χ4v) is 1.39. The Labute approximate surface area is 89.1 Å². The highest BCUT2D eigenvalue weighted by atomic mass is 79.9. The predicted molar refractivity (Wildman–Crippen MR) is 55.5 cm³/mol. The van der Waals surface area contributed by atoms with Gasteiger partial charge >= 0.3 is 0 Å². The van der Waals surface area contributed by atoms with Crippen molar-refractivity contribution in [3.8, 4) is 0 Å². The Morgan fingerprint density at radius 1 is 1.43 bits per heavy atom. The zero-order chi connectivity index (χ0) is 9.97. The van der Waals surface area contributed by atoms with Gasteiger partial charge in [0, 0.05) is 18.6 Å². The van der Waals surface area contributed by atoms with Gasteiger partial charge in [-0.15, -0.1) is 0 Å². The molecule has 0 aromatic carbocycles. The van der Waals surface area contributed by atoms with Crippen molar-refractivity contribution in [3.05, 3.63) is 35.0 Å². The molecule has 0 amide bonds. The van der Waals surface area contributed by atoms with Crippen molar-refractivity contribution in [2.24, 2.45) is 0 Å². The number of nitrogens with two attached hydrogens (primary N) is 1. The second-order valence-corrected chi connectivity index (χ2v) is 3.61. The van der Waals surface area contributed by atoms with Gasteiger partial charge in [0.05, 0.1) is 22.9 Å². The van der Waals surface area contributed by atoms with Crippen LogP contribution in [0.2, 0.25) is 0 Å². The Hall–Kier alpha value is -1.43. The summed E-state index contributed by atoms with van der Waals surface area (Å²) in [6, 6.07) is 0. The van der Waals surface area contributed by atoms with E-state index in [2.05, 4.69) is 31.0 Å². The number of nitrogen functional groups attached to an aromatic ring is 1. The van der Waals surface area contributed by atoms with Crippen molar-refractivity contribution in [2.45, 2.75) is 6.54 Å². The highest BCUT2D eigenvalue weighted by Gasteiger charge is 2.02. The molecule has 0 aliphatic heterocycles. The molecule has 14 heavy (non-hydrogen) atoms. The molecule has 2 heterocycles. The Morgan fingerprint density at radius 2 is 2.29 bits per heavy atom. The molecule has 0 aliphatic rings. The van der Waals surface area contributed by atoms with E-state index in [0.29, 0.717) is 12.4 Å². The smallest absolute Gasteiger partial charge is 0.159 e. The molecule has 0 spiro atoms. The first-order chi connectivity index (χ1) is 6.75. The van der Waals surface area contributed by atoms with Gasteiger partial charge in [0.1, 0.15) is 0 Å². The molecule has 0 atom stereocenters. The SMILES string of the molecule is Nc1nn(Cc2cnccn2)cc1Br. The molecular weight excluding hydrogens is 246 g/mol. The van der Waals surface area contributed by atoms with Crippen molar-refractivity contribution in [1.82, 2.24) is 19.7 Å². The molecule has 0 saturated carbocycles. The number of hydrogen-bond acceptors (Lipinski definition) is 4. The summed E-state index contributed by atoms with van der Waals surface area (Å²) in [5.74, 6) is 0.480. The topological polar surface area (TPSA) is 69.6 Å². The van der Waals surface area contributed by atoms with Crippen molar-refractivity contribution in [2.75, 3.05) is 5.73 Å². The van der Waals surface area contributed by atoms with Gasteiger partial charge in [-0.25, -0.2) is 0 Å². The monoisotopic (exact) mass is 253 g/mol. The van der Waals surface area contributed by atoms with Crippen molar-refractivity contribution < 1.29 is 0 Å². The summed E-state index contributed by atoms with van der Waals surface area (Å²) in [4.78, 5) is 8.10.